The van der Waals surface area contributed by atoms with Crippen LogP contribution in [0.15, 0.2) is 10.9 Å². The van der Waals surface area contributed by atoms with Crippen LogP contribution in [0.4, 0.5) is 4.79 Å². The number of aliphatic hydroxyl groups is 1. The summed E-state index contributed by atoms with van der Waals surface area (Å²) in [6.45, 7) is 0.638. The minimum absolute atomic E-state index is 0.105. The van der Waals surface area contributed by atoms with E-state index in [1.165, 1.54) is 5.56 Å². The molecular weight excluding hydrogens is 294 g/mol. The maximum absolute atomic E-state index is 12.4. The molecule has 1 saturated heterocycles. The predicted molar refractivity (Wildman–Crippen MR) is 85.2 cm³/mol. The molecule has 6 nitrogen and oxygen atoms in total. The maximum Gasteiger partial charge on any atom is 0.318 e. The monoisotopic (exact) mass is 317 g/mol. The molecule has 2 unspecified atom stereocenters. The zero-order chi connectivity index (χ0) is 16.0. The molecule has 2 aliphatic carbocycles. The summed E-state index contributed by atoms with van der Waals surface area (Å²) in [6.07, 6.45) is 5.56. The van der Waals surface area contributed by atoms with Gasteiger partial charge >= 0.3 is 6.03 Å². The van der Waals surface area contributed by atoms with Crippen LogP contribution in [0.25, 0.3) is 0 Å². The summed E-state index contributed by atoms with van der Waals surface area (Å²) in [5, 5.41) is 12.7. The number of carbonyl (C=O) groups excluding carboxylic acids is 1. The van der Waals surface area contributed by atoms with Gasteiger partial charge in [-0.1, -0.05) is 0 Å². The average molecular weight is 317 g/mol. The normalized spacial score (nSPS) is 26.4. The fourth-order valence-corrected chi connectivity index (χ4v) is 3.97. The molecule has 0 radical (unpaired) electrons. The number of pyridine rings is 1. The number of amides is 2. The Hall–Kier alpha value is -1.82. The molecule has 6 heteroatoms. The Labute approximate surface area is 134 Å². The summed E-state index contributed by atoms with van der Waals surface area (Å²) in [7, 11) is 0. The zero-order valence-corrected chi connectivity index (χ0v) is 13.2. The van der Waals surface area contributed by atoms with Crippen LogP contribution in [-0.2, 0) is 19.4 Å². The highest BCUT2D eigenvalue weighted by molar-refractivity contribution is 5.75. The summed E-state index contributed by atoms with van der Waals surface area (Å²) in [5.74, 6) is 0.543. The minimum Gasteiger partial charge on any atom is -0.391 e. The maximum atomic E-state index is 12.4. The molecule has 2 atom stereocenters. The number of nitrogens with one attached hydrogen (secondary N) is 2. The number of carbonyl (C=O) groups is 1. The summed E-state index contributed by atoms with van der Waals surface area (Å²) < 4.78 is 0. The van der Waals surface area contributed by atoms with E-state index in [0.29, 0.717) is 24.4 Å². The lowest BCUT2D eigenvalue weighted by molar-refractivity contribution is 0.168. The molecule has 0 bridgehead atoms. The Balaban J connectivity index is 1.42. The van der Waals surface area contributed by atoms with Gasteiger partial charge in [-0.05, 0) is 56.1 Å². The first-order valence-corrected chi connectivity index (χ1v) is 8.58. The van der Waals surface area contributed by atoms with Crippen molar-refractivity contribution >= 4 is 6.03 Å². The van der Waals surface area contributed by atoms with E-state index in [4.69, 9.17) is 0 Å². The van der Waals surface area contributed by atoms with Gasteiger partial charge in [-0.3, -0.25) is 4.79 Å². The zero-order valence-electron chi connectivity index (χ0n) is 13.2. The molecule has 3 aliphatic rings. The van der Waals surface area contributed by atoms with Crippen molar-refractivity contribution in [3.8, 4) is 0 Å². The molecule has 1 aromatic heterocycles. The molecule has 2 fully saturated rings. The van der Waals surface area contributed by atoms with E-state index < -0.39 is 6.10 Å². The third-order valence-corrected chi connectivity index (χ3v) is 5.34. The van der Waals surface area contributed by atoms with E-state index in [-0.39, 0.29) is 24.2 Å². The number of rotatable bonds is 3. The van der Waals surface area contributed by atoms with Crippen LogP contribution in [-0.4, -0.2) is 39.7 Å². The first-order valence-electron chi connectivity index (χ1n) is 8.58. The van der Waals surface area contributed by atoms with Crippen LogP contribution in [0.5, 0.6) is 0 Å². The van der Waals surface area contributed by atoms with Crippen molar-refractivity contribution in [3.63, 3.8) is 0 Å². The number of H-pyrrole nitrogens is 1. The molecule has 3 N–H and O–H groups in total. The van der Waals surface area contributed by atoms with Gasteiger partial charge in [-0.15, -0.1) is 0 Å². The van der Waals surface area contributed by atoms with E-state index in [9.17, 15) is 14.7 Å². The van der Waals surface area contributed by atoms with Gasteiger partial charge in [0.05, 0.1) is 6.10 Å². The molecule has 1 saturated carbocycles. The van der Waals surface area contributed by atoms with Crippen LogP contribution in [0.3, 0.4) is 0 Å². The van der Waals surface area contributed by atoms with Gasteiger partial charge in [-0.2, -0.15) is 0 Å². The number of aliphatic hydroxyl groups excluding tert-OH is 1. The van der Waals surface area contributed by atoms with Gasteiger partial charge in [-0.25, -0.2) is 4.79 Å². The van der Waals surface area contributed by atoms with E-state index in [1.807, 2.05) is 6.07 Å². The molecule has 2 amide bonds. The Morgan fingerprint density at radius 2 is 2.22 bits per heavy atom. The lowest BCUT2D eigenvalue weighted by Gasteiger charge is -2.24. The van der Waals surface area contributed by atoms with Gasteiger partial charge < -0.3 is 20.3 Å². The van der Waals surface area contributed by atoms with E-state index in [1.54, 1.807) is 4.90 Å². The molecule has 4 rings (SSSR count). The number of fused-ring (bicyclic) bond motifs is 1. The number of aromatic amines is 1. The van der Waals surface area contributed by atoms with Crippen molar-refractivity contribution in [1.29, 1.82) is 0 Å². The first kappa shape index (κ1) is 14.8. The third kappa shape index (κ3) is 2.87. The first-order chi connectivity index (χ1) is 11.1. The Morgan fingerprint density at radius 1 is 1.39 bits per heavy atom. The Morgan fingerprint density at radius 3 is 3.00 bits per heavy atom. The lowest BCUT2D eigenvalue weighted by atomic mass is 10.1. The Kier molecular flexibility index (Phi) is 3.64. The predicted octanol–water partition coefficient (Wildman–Crippen LogP) is 0.918. The molecular formula is C17H23N3O3. The van der Waals surface area contributed by atoms with Crippen molar-refractivity contribution in [2.75, 3.05) is 6.54 Å². The second kappa shape index (κ2) is 5.67. The highest BCUT2D eigenvalue weighted by Crippen LogP contribution is 2.40. The topological polar surface area (TPSA) is 85.4 Å². The largest absolute Gasteiger partial charge is 0.391 e. The third-order valence-electron chi connectivity index (χ3n) is 5.34. The second-order valence-corrected chi connectivity index (χ2v) is 7.09. The van der Waals surface area contributed by atoms with E-state index >= 15 is 0 Å². The van der Waals surface area contributed by atoms with Crippen LogP contribution in [0.2, 0.25) is 0 Å². The van der Waals surface area contributed by atoms with E-state index in [0.717, 1.165) is 37.8 Å². The molecule has 124 valence electrons. The number of aryl methyl sites for hydroxylation is 2. The smallest absolute Gasteiger partial charge is 0.318 e. The number of hydrogen-bond acceptors (Lipinski definition) is 3. The van der Waals surface area contributed by atoms with Crippen molar-refractivity contribution in [3.05, 3.63) is 33.2 Å². The minimum atomic E-state index is -0.422. The molecule has 0 aromatic carbocycles. The highest BCUT2D eigenvalue weighted by atomic mass is 16.3. The van der Waals surface area contributed by atoms with Crippen molar-refractivity contribution in [1.82, 2.24) is 15.2 Å². The molecule has 0 spiro atoms. The van der Waals surface area contributed by atoms with Gasteiger partial charge in [0.15, 0.2) is 0 Å². The molecule has 1 aliphatic heterocycles. The van der Waals surface area contributed by atoms with Crippen molar-refractivity contribution in [2.24, 2.45) is 5.92 Å². The van der Waals surface area contributed by atoms with Crippen LogP contribution < -0.4 is 10.9 Å². The Bertz CT molecular complexity index is 680. The number of aromatic nitrogens is 1. The standard InChI is InChI=1S/C17H23N3O3/c21-13-7-15(10-4-5-10)20(9-13)17(23)18-8-12-6-11-2-1-3-14(11)19-16(12)22/h6,10,13,15,21H,1-5,7-9H2,(H,18,23)(H,19,22). The van der Waals surface area contributed by atoms with Crippen molar-refractivity contribution < 1.29 is 9.90 Å². The van der Waals surface area contributed by atoms with Gasteiger partial charge in [0, 0.05) is 30.4 Å². The number of likely N-dealkylation sites (tertiary alicyclic amines) is 1. The molecule has 23 heavy (non-hydrogen) atoms. The quantitative estimate of drug-likeness (QED) is 0.775. The summed E-state index contributed by atoms with van der Waals surface area (Å²) >= 11 is 0. The fourth-order valence-electron chi connectivity index (χ4n) is 3.97. The van der Waals surface area contributed by atoms with Crippen LogP contribution in [0, 0.1) is 5.92 Å². The number of hydrogen-bond donors (Lipinski definition) is 3. The van der Waals surface area contributed by atoms with Gasteiger partial charge in [0.1, 0.15) is 0 Å². The number of nitrogens with zero attached hydrogens (tertiary/aromatic N) is 1. The number of β-amino-alcohol motifs (C(OH)–C–C–N with tert-alkyl or cyclic N) is 1. The van der Waals surface area contributed by atoms with Crippen LogP contribution >= 0.6 is 0 Å². The van der Waals surface area contributed by atoms with Crippen LogP contribution in [0.1, 0.15) is 42.5 Å². The summed E-state index contributed by atoms with van der Waals surface area (Å²) in [4.78, 5) is 29.2. The summed E-state index contributed by atoms with van der Waals surface area (Å²) in [6, 6.07) is 1.92. The lowest BCUT2D eigenvalue weighted by Crippen LogP contribution is -2.44. The SMILES string of the molecule is O=C(NCc1cc2c([nH]c1=O)CCC2)N1CC(O)CC1C1CC1. The molecule has 2 heterocycles. The average Bonchev–Trinajstić information content (AvgIpc) is 3.15. The van der Waals surface area contributed by atoms with Gasteiger partial charge in [0.2, 0.25) is 0 Å². The second-order valence-electron chi connectivity index (χ2n) is 7.09. The number of urea groups is 1. The summed E-state index contributed by atoms with van der Waals surface area (Å²) in [5.41, 5.74) is 2.75. The van der Waals surface area contributed by atoms with Gasteiger partial charge in [0.25, 0.3) is 5.56 Å². The van der Waals surface area contributed by atoms with E-state index in [2.05, 4.69) is 10.3 Å². The fraction of sp³-hybridized carbons (Fsp3) is 0.647. The highest BCUT2D eigenvalue weighted by Gasteiger charge is 2.43. The molecule has 1 aromatic rings. The van der Waals surface area contributed by atoms with Crippen molar-refractivity contribution in [2.45, 2.75) is 57.2 Å².